The van der Waals surface area contributed by atoms with Crippen molar-refractivity contribution in [2.45, 2.75) is 41.0 Å². The van der Waals surface area contributed by atoms with Gasteiger partial charge in [-0.25, -0.2) is 4.79 Å². The van der Waals surface area contributed by atoms with E-state index in [1.54, 1.807) is 6.92 Å². The fourth-order valence-electron chi connectivity index (χ4n) is 1.14. The van der Waals surface area contributed by atoms with Crippen molar-refractivity contribution in [3.63, 3.8) is 0 Å². The fourth-order valence-corrected chi connectivity index (χ4v) is 1.47. The van der Waals surface area contributed by atoms with Gasteiger partial charge in [-0.15, -0.1) is 0 Å². The topological polar surface area (TPSA) is 76.5 Å². The Kier molecular flexibility index (Phi) is 13.1. The molecule has 0 amide bonds. The Morgan fingerprint density at radius 1 is 1.30 bits per heavy atom. The zero-order valence-corrected chi connectivity index (χ0v) is 14.2. The van der Waals surface area contributed by atoms with E-state index >= 15 is 0 Å². The van der Waals surface area contributed by atoms with Crippen molar-refractivity contribution in [1.29, 1.82) is 0 Å². The van der Waals surface area contributed by atoms with Gasteiger partial charge in [0.1, 0.15) is 0 Å². The van der Waals surface area contributed by atoms with Crippen LogP contribution in [0.1, 0.15) is 50.7 Å². The Labute approximate surface area is 128 Å². The molecule has 1 aromatic rings. The molecule has 0 aromatic carbocycles. The van der Waals surface area contributed by atoms with Gasteiger partial charge < -0.3 is 9.84 Å². The normalized spacial score (nSPS) is 8.50. The first kappa shape index (κ1) is 20.9. The van der Waals surface area contributed by atoms with Crippen LogP contribution >= 0.6 is 15.9 Å². The molecule has 0 atom stereocenters. The van der Waals surface area contributed by atoms with E-state index in [0.717, 1.165) is 0 Å². The number of aromatic nitrogens is 1. The van der Waals surface area contributed by atoms with Crippen molar-refractivity contribution < 1.29 is 19.4 Å². The highest BCUT2D eigenvalue weighted by atomic mass is 79.9. The molecule has 1 aromatic heterocycles. The minimum atomic E-state index is -1.12. The molecule has 0 saturated heterocycles. The van der Waals surface area contributed by atoms with E-state index in [2.05, 4.69) is 20.9 Å². The van der Waals surface area contributed by atoms with E-state index in [1.165, 1.54) is 12.3 Å². The lowest BCUT2D eigenvalue weighted by Crippen LogP contribution is -2.13. The van der Waals surface area contributed by atoms with Gasteiger partial charge in [0.05, 0.1) is 24.3 Å². The second-order valence-corrected chi connectivity index (χ2v) is 3.85. The summed E-state index contributed by atoms with van der Waals surface area (Å²) in [7, 11) is 0. The first-order valence-corrected chi connectivity index (χ1v) is 7.37. The monoisotopic (exact) mass is 347 g/mol. The number of halogens is 1. The summed E-state index contributed by atoms with van der Waals surface area (Å²) in [6.45, 7) is 9.95. The summed E-state index contributed by atoms with van der Waals surface area (Å²) in [4.78, 5) is 26.0. The van der Waals surface area contributed by atoms with Crippen molar-refractivity contribution in [3.8, 4) is 0 Å². The van der Waals surface area contributed by atoms with Crippen molar-refractivity contribution in [2.24, 2.45) is 0 Å². The lowest BCUT2D eigenvalue weighted by atomic mass is 10.1. The summed E-state index contributed by atoms with van der Waals surface area (Å²) in [6, 6.07) is 1.41. The predicted molar refractivity (Wildman–Crippen MR) is 81.9 cm³/mol. The van der Waals surface area contributed by atoms with Crippen LogP contribution in [-0.4, -0.2) is 28.6 Å². The van der Waals surface area contributed by atoms with Gasteiger partial charge in [-0.3, -0.25) is 9.78 Å². The highest BCUT2D eigenvalue weighted by Crippen LogP contribution is 2.14. The van der Waals surface area contributed by atoms with Gasteiger partial charge in [0.2, 0.25) is 0 Å². The molecule has 20 heavy (non-hydrogen) atoms. The van der Waals surface area contributed by atoms with Crippen LogP contribution in [0.15, 0.2) is 16.7 Å². The number of esters is 1. The lowest BCUT2D eigenvalue weighted by Gasteiger charge is -2.05. The fraction of sp³-hybridized carbons (Fsp3) is 0.500. The number of ether oxygens (including phenoxy) is 1. The van der Waals surface area contributed by atoms with E-state index < -0.39 is 11.9 Å². The number of carbonyl (C=O) groups is 2. The number of hydrogen-bond acceptors (Lipinski definition) is 4. The Balaban J connectivity index is 0. The molecule has 5 nitrogen and oxygen atoms in total. The molecule has 6 heteroatoms. The zero-order chi connectivity index (χ0) is 16.1. The number of rotatable bonds is 4. The third-order valence-corrected chi connectivity index (χ3v) is 2.22. The van der Waals surface area contributed by atoms with Gasteiger partial charge in [0, 0.05) is 10.7 Å². The molecule has 0 bridgehead atoms. The van der Waals surface area contributed by atoms with Crippen molar-refractivity contribution in [3.05, 3.63) is 28.0 Å². The number of pyridine rings is 1. The van der Waals surface area contributed by atoms with Crippen LogP contribution in [0.4, 0.5) is 0 Å². The van der Waals surface area contributed by atoms with Crippen LogP contribution in [0, 0.1) is 0 Å². The Hall–Kier alpha value is -1.43. The van der Waals surface area contributed by atoms with Crippen molar-refractivity contribution in [2.75, 3.05) is 6.61 Å². The molecule has 0 aliphatic carbocycles. The van der Waals surface area contributed by atoms with Gasteiger partial charge >= 0.3 is 11.9 Å². The summed E-state index contributed by atoms with van der Waals surface area (Å²) in [5.41, 5.74) is 0.205. The number of aromatic carboxylic acids is 1. The van der Waals surface area contributed by atoms with Crippen LogP contribution in [0.3, 0.4) is 0 Å². The van der Waals surface area contributed by atoms with E-state index in [0.29, 0.717) is 4.47 Å². The van der Waals surface area contributed by atoms with Crippen molar-refractivity contribution >= 4 is 27.9 Å². The molecule has 0 aliphatic heterocycles. The molecular weight excluding hydrogens is 326 g/mol. The quantitative estimate of drug-likeness (QED) is 0.840. The molecule has 0 fully saturated rings. The van der Waals surface area contributed by atoms with Gasteiger partial charge in [-0.05, 0) is 28.9 Å². The Morgan fingerprint density at radius 2 is 1.85 bits per heavy atom. The smallest absolute Gasteiger partial charge is 0.337 e. The minimum Gasteiger partial charge on any atom is -0.478 e. The van der Waals surface area contributed by atoms with Gasteiger partial charge in [-0.1, -0.05) is 27.7 Å². The summed E-state index contributed by atoms with van der Waals surface area (Å²) in [5.74, 6) is -1.60. The first-order valence-electron chi connectivity index (χ1n) is 6.58. The molecule has 0 saturated carbocycles. The number of carboxylic acids is 1. The van der Waals surface area contributed by atoms with Crippen LogP contribution in [0.5, 0.6) is 0 Å². The Bertz CT molecular complexity index is 422. The number of nitrogens with zero attached hydrogens (tertiary/aromatic N) is 1. The van der Waals surface area contributed by atoms with Crippen LogP contribution < -0.4 is 0 Å². The summed E-state index contributed by atoms with van der Waals surface area (Å²) in [5, 5.41) is 8.92. The molecule has 1 heterocycles. The zero-order valence-electron chi connectivity index (χ0n) is 12.6. The molecular formula is C14H22BrNO4. The van der Waals surface area contributed by atoms with Gasteiger partial charge in [0.25, 0.3) is 0 Å². The number of hydrogen-bond donors (Lipinski definition) is 1. The highest BCUT2D eigenvalue weighted by molar-refractivity contribution is 9.10. The summed E-state index contributed by atoms with van der Waals surface area (Å²) < 4.78 is 5.28. The maximum atomic E-state index is 11.2. The third kappa shape index (κ3) is 7.89. The third-order valence-electron chi connectivity index (χ3n) is 1.78. The molecule has 0 spiro atoms. The molecule has 0 radical (unpaired) electrons. The van der Waals surface area contributed by atoms with E-state index in [4.69, 9.17) is 9.84 Å². The maximum absolute atomic E-state index is 11.2. The second kappa shape index (κ2) is 12.6. The maximum Gasteiger partial charge on any atom is 0.337 e. The molecule has 0 unspecified atom stereocenters. The number of carboxylic acid groups (broad SMARTS) is 1. The summed E-state index contributed by atoms with van der Waals surface area (Å²) in [6.07, 6.45) is 1.31. The van der Waals surface area contributed by atoms with E-state index in [-0.39, 0.29) is 24.3 Å². The SMILES string of the molecule is CC.CC.CCOC(=O)Cc1ncc(Br)cc1C(=O)O. The standard InChI is InChI=1S/C10H10BrNO4.2C2H6/c1-2-16-9(13)4-8-7(10(14)15)3-6(11)5-12-8;2*1-2/h3,5H,2,4H2,1H3,(H,14,15);2*1-2H3. The predicted octanol–water partition coefficient (Wildman–Crippen LogP) is 3.70. The second-order valence-electron chi connectivity index (χ2n) is 2.93. The summed E-state index contributed by atoms with van der Waals surface area (Å²) >= 11 is 3.12. The van der Waals surface area contributed by atoms with Crippen molar-refractivity contribution in [1.82, 2.24) is 4.98 Å². The molecule has 1 N–H and O–H groups in total. The average molecular weight is 348 g/mol. The van der Waals surface area contributed by atoms with Crippen LogP contribution in [0.2, 0.25) is 0 Å². The van der Waals surface area contributed by atoms with Crippen LogP contribution in [-0.2, 0) is 16.0 Å². The van der Waals surface area contributed by atoms with Crippen LogP contribution in [0.25, 0.3) is 0 Å². The first-order chi connectivity index (χ1) is 9.54. The molecule has 1 rings (SSSR count). The Morgan fingerprint density at radius 3 is 2.30 bits per heavy atom. The van der Waals surface area contributed by atoms with E-state index in [1.807, 2.05) is 27.7 Å². The van der Waals surface area contributed by atoms with Gasteiger partial charge in [0.15, 0.2) is 0 Å². The average Bonchev–Trinajstić information content (AvgIpc) is 2.45. The highest BCUT2D eigenvalue weighted by Gasteiger charge is 2.15. The lowest BCUT2D eigenvalue weighted by molar-refractivity contribution is -0.142. The molecule has 0 aliphatic rings. The number of carbonyl (C=O) groups excluding carboxylic acids is 1. The molecule has 114 valence electrons. The van der Waals surface area contributed by atoms with E-state index in [9.17, 15) is 9.59 Å². The minimum absolute atomic E-state index is 0.00225. The van der Waals surface area contributed by atoms with Gasteiger partial charge in [-0.2, -0.15) is 0 Å². The largest absolute Gasteiger partial charge is 0.478 e.